The number of aliphatic carboxylic acids is 1. The summed E-state index contributed by atoms with van der Waals surface area (Å²) in [5.41, 5.74) is -0.611. The third-order valence-electron chi connectivity index (χ3n) is 8.01. The summed E-state index contributed by atoms with van der Waals surface area (Å²) in [5, 5.41) is 11.2. The molecular weight excluding hydrogens is 397 g/mol. The Morgan fingerprint density at radius 1 is 1.14 bits per heavy atom. The molecule has 4 bridgehead atoms. The molecule has 5 fully saturated rings. The van der Waals surface area contributed by atoms with E-state index in [1.807, 2.05) is 30.9 Å². The lowest BCUT2D eigenvalue weighted by molar-refractivity contribution is -0.213. The molecule has 6 rings (SSSR count). The summed E-state index contributed by atoms with van der Waals surface area (Å²) in [4.78, 5) is 27.7. The quantitative estimate of drug-likeness (QED) is 0.683. The van der Waals surface area contributed by atoms with Gasteiger partial charge in [0.15, 0.2) is 0 Å². The fraction of sp³-hybridized carbons (Fsp3) is 0.636. The van der Waals surface area contributed by atoms with Gasteiger partial charge in [-0.25, -0.2) is 0 Å². The molecule has 5 aliphatic rings. The van der Waals surface area contributed by atoms with Gasteiger partial charge in [-0.1, -0.05) is 35.3 Å². The standard InChI is InChI=1S/C22H25Cl2NO3/c1-21(2)18(14-4-3-5-15(23)16(14)24)25(19(21)26)17-13-7-11-6-12(8-13)10-22(17,9-11)20(27)28/h3-5,11-13,17-18H,6-10H2,1-2H3,(H,27,28). The first-order valence-electron chi connectivity index (χ1n) is 10.2. The van der Waals surface area contributed by atoms with Gasteiger partial charge in [0.05, 0.1) is 33.0 Å². The van der Waals surface area contributed by atoms with Gasteiger partial charge in [-0.3, -0.25) is 9.59 Å². The van der Waals surface area contributed by atoms with E-state index in [9.17, 15) is 14.7 Å². The number of rotatable bonds is 3. The third-order valence-corrected chi connectivity index (χ3v) is 8.84. The van der Waals surface area contributed by atoms with E-state index in [-0.39, 0.29) is 23.9 Å². The Hall–Kier alpha value is -1.26. The van der Waals surface area contributed by atoms with Crippen molar-refractivity contribution in [3.8, 4) is 0 Å². The van der Waals surface area contributed by atoms with E-state index in [0.717, 1.165) is 24.8 Å². The molecule has 4 aliphatic carbocycles. The maximum atomic E-state index is 13.3. The number of nitrogens with zero attached hydrogens (tertiary/aromatic N) is 1. The Balaban J connectivity index is 1.62. The number of carboxylic acids is 1. The molecule has 0 radical (unpaired) electrons. The van der Waals surface area contributed by atoms with Crippen LogP contribution in [0.25, 0.3) is 0 Å². The predicted molar refractivity (Wildman–Crippen MR) is 107 cm³/mol. The number of amides is 1. The van der Waals surface area contributed by atoms with Crippen LogP contribution in [0.3, 0.4) is 0 Å². The number of hydrogen-bond acceptors (Lipinski definition) is 2. The van der Waals surface area contributed by atoms with Crippen molar-refractivity contribution in [2.45, 2.75) is 58.0 Å². The van der Waals surface area contributed by atoms with Crippen LogP contribution in [0.15, 0.2) is 18.2 Å². The molecule has 1 aliphatic heterocycles. The largest absolute Gasteiger partial charge is 0.481 e. The summed E-state index contributed by atoms with van der Waals surface area (Å²) >= 11 is 12.8. The molecule has 1 N–H and O–H groups in total. The van der Waals surface area contributed by atoms with Crippen LogP contribution < -0.4 is 0 Å². The number of halogens is 2. The number of β-lactam (4-membered cyclic amide) rings is 1. The van der Waals surface area contributed by atoms with Gasteiger partial charge >= 0.3 is 5.97 Å². The van der Waals surface area contributed by atoms with Gasteiger partial charge < -0.3 is 10.0 Å². The maximum Gasteiger partial charge on any atom is 0.311 e. The second kappa shape index (κ2) is 5.89. The number of carbonyl (C=O) groups excluding carboxylic acids is 1. The summed E-state index contributed by atoms with van der Waals surface area (Å²) in [7, 11) is 0. The van der Waals surface area contributed by atoms with Gasteiger partial charge in [-0.2, -0.15) is 0 Å². The normalized spacial score (nSPS) is 40.5. The van der Waals surface area contributed by atoms with E-state index in [1.54, 1.807) is 6.07 Å². The Labute approximate surface area is 175 Å². The molecule has 4 nitrogen and oxygen atoms in total. The van der Waals surface area contributed by atoms with Crippen molar-refractivity contribution in [2.24, 2.45) is 28.6 Å². The summed E-state index contributed by atoms with van der Waals surface area (Å²) in [5.74, 6) is 0.546. The average molecular weight is 422 g/mol. The molecule has 1 aromatic carbocycles. The predicted octanol–water partition coefficient (Wildman–Crippen LogP) is 5.18. The first-order valence-corrected chi connectivity index (χ1v) is 10.9. The highest BCUT2D eigenvalue weighted by molar-refractivity contribution is 6.42. The van der Waals surface area contributed by atoms with Crippen molar-refractivity contribution < 1.29 is 14.7 Å². The van der Waals surface area contributed by atoms with Crippen LogP contribution in [-0.2, 0) is 9.59 Å². The van der Waals surface area contributed by atoms with Crippen LogP contribution in [0.1, 0.15) is 57.6 Å². The van der Waals surface area contributed by atoms with E-state index < -0.39 is 16.8 Å². The second-order valence-corrected chi connectivity index (χ2v) is 10.8. The number of carboxylic acid groups (broad SMARTS) is 1. The molecule has 1 saturated heterocycles. The zero-order valence-electron chi connectivity index (χ0n) is 16.1. The molecule has 1 amide bonds. The molecule has 0 aromatic heterocycles. The van der Waals surface area contributed by atoms with E-state index in [0.29, 0.717) is 34.7 Å². The molecule has 150 valence electrons. The van der Waals surface area contributed by atoms with E-state index in [2.05, 4.69) is 0 Å². The smallest absolute Gasteiger partial charge is 0.311 e. The summed E-state index contributed by atoms with van der Waals surface area (Å²) in [6.45, 7) is 3.86. The van der Waals surface area contributed by atoms with Crippen LogP contribution in [-0.4, -0.2) is 27.9 Å². The van der Waals surface area contributed by atoms with Gasteiger partial charge in [0.25, 0.3) is 0 Å². The number of carbonyl (C=O) groups is 2. The lowest BCUT2D eigenvalue weighted by atomic mass is 9.46. The van der Waals surface area contributed by atoms with Crippen molar-refractivity contribution in [3.63, 3.8) is 0 Å². The highest BCUT2D eigenvalue weighted by atomic mass is 35.5. The van der Waals surface area contributed by atoms with Gasteiger partial charge in [0.1, 0.15) is 0 Å². The Morgan fingerprint density at radius 2 is 1.79 bits per heavy atom. The minimum Gasteiger partial charge on any atom is -0.481 e. The van der Waals surface area contributed by atoms with Crippen LogP contribution in [0, 0.1) is 28.6 Å². The van der Waals surface area contributed by atoms with Gasteiger partial charge in [-0.05, 0) is 75.3 Å². The maximum absolute atomic E-state index is 13.3. The van der Waals surface area contributed by atoms with Gasteiger partial charge in [0.2, 0.25) is 5.91 Å². The molecule has 4 unspecified atom stereocenters. The molecular formula is C22H25Cl2NO3. The monoisotopic (exact) mass is 421 g/mol. The Morgan fingerprint density at radius 3 is 2.39 bits per heavy atom. The third kappa shape index (κ3) is 2.25. The second-order valence-electron chi connectivity index (χ2n) is 9.99. The zero-order valence-corrected chi connectivity index (χ0v) is 17.6. The van der Waals surface area contributed by atoms with Crippen molar-refractivity contribution in [1.29, 1.82) is 0 Å². The minimum atomic E-state index is -0.815. The zero-order chi connectivity index (χ0) is 20.0. The highest BCUT2D eigenvalue weighted by Crippen LogP contribution is 2.65. The number of hydrogen-bond donors (Lipinski definition) is 1. The molecule has 6 heteroatoms. The van der Waals surface area contributed by atoms with Crippen molar-refractivity contribution in [3.05, 3.63) is 33.8 Å². The summed E-state index contributed by atoms with van der Waals surface area (Å²) in [6, 6.07) is 5.02. The molecule has 4 saturated carbocycles. The Kier molecular flexibility index (Phi) is 3.94. The summed E-state index contributed by atoms with van der Waals surface area (Å²) in [6.07, 6.45) is 4.62. The van der Waals surface area contributed by atoms with Crippen molar-refractivity contribution in [1.82, 2.24) is 4.90 Å². The van der Waals surface area contributed by atoms with Crippen LogP contribution in [0.2, 0.25) is 10.0 Å². The first-order chi connectivity index (χ1) is 13.2. The van der Waals surface area contributed by atoms with E-state index >= 15 is 0 Å². The number of likely N-dealkylation sites (tertiary alicyclic amines) is 1. The van der Waals surface area contributed by atoms with Crippen LogP contribution >= 0.6 is 23.2 Å². The van der Waals surface area contributed by atoms with Crippen LogP contribution in [0.4, 0.5) is 0 Å². The molecule has 0 spiro atoms. The van der Waals surface area contributed by atoms with Crippen molar-refractivity contribution in [2.75, 3.05) is 0 Å². The fourth-order valence-electron chi connectivity index (χ4n) is 7.21. The van der Waals surface area contributed by atoms with Crippen LogP contribution in [0.5, 0.6) is 0 Å². The number of benzene rings is 1. The summed E-state index contributed by atoms with van der Waals surface area (Å²) < 4.78 is 0. The molecule has 1 heterocycles. The lowest BCUT2D eigenvalue weighted by Crippen LogP contribution is -2.73. The van der Waals surface area contributed by atoms with E-state index in [4.69, 9.17) is 23.2 Å². The lowest BCUT2D eigenvalue weighted by Gasteiger charge is -2.67. The minimum absolute atomic E-state index is 0.0339. The highest BCUT2D eigenvalue weighted by Gasteiger charge is 2.68. The van der Waals surface area contributed by atoms with E-state index in [1.165, 1.54) is 0 Å². The molecule has 4 atom stereocenters. The van der Waals surface area contributed by atoms with Gasteiger partial charge in [0, 0.05) is 0 Å². The first kappa shape index (κ1) is 18.7. The average Bonchev–Trinajstić information content (AvgIpc) is 2.62. The molecule has 1 aromatic rings. The SMILES string of the molecule is CC1(C)C(=O)N(C2C3CC4CC(C3)CC2(C(=O)O)C4)C1c1cccc(Cl)c1Cl. The topological polar surface area (TPSA) is 57.6 Å². The fourth-order valence-corrected chi connectivity index (χ4v) is 7.63. The van der Waals surface area contributed by atoms with Crippen molar-refractivity contribution >= 4 is 35.1 Å². The Bertz CT molecular complexity index is 869. The van der Waals surface area contributed by atoms with Gasteiger partial charge in [-0.15, -0.1) is 0 Å². The molecule has 28 heavy (non-hydrogen) atoms.